The fourth-order valence-electron chi connectivity index (χ4n) is 8.93. The summed E-state index contributed by atoms with van der Waals surface area (Å²) < 4.78 is 1.48. The van der Waals surface area contributed by atoms with E-state index in [4.69, 9.17) is 0 Å². The Labute approximate surface area is 264 Å². The molecule has 2 heterocycles. The Bertz CT molecular complexity index is 2510. The van der Waals surface area contributed by atoms with Crippen LogP contribution in [0.3, 0.4) is 0 Å². The molecule has 0 nitrogen and oxygen atoms in total. The zero-order valence-electron chi connectivity index (χ0n) is 24.3. The number of thioether (sulfide) groups is 1. The highest BCUT2D eigenvalue weighted by Crippen LogP contribution is 2.58. The minimum atomic E-state index is 0.406. The molecule has 4 unspecified atom stereocenters. The van der Waals surface area contributed by atoms with Crippen LogP contribution in [0.4, 0.5) is 0 Å². The van der Waals surface area contributed by atoms with E-state index < -0.39 is 0 Å². The fourth-order valence-corrected chi connectivity index (χ4v) is 11.6. The lowest BCUT2D eigenvalue weighted by molar-refractivity contribution is 0.678. The Morgan fingerprint density at radius 1 is 0.659 bits per heavy atom. The van der Waals surface area contributed by atoms with Crippen LogP contribution in [0.1, 0.15) is 40.7 Å². The third-order valence-corrected chi connectivity index (χ3v) is 13.7. The van der Waals surface area contributed by atoms with Crippen molar-refractivity contribution in [3.05, 3.63) is 124 Å². The molecule has 1 saturated carbocycles. The second-order valence-electron chi connectivity index (χ2n) is 13.5. The van der Waals surface area contributed by atoms with Crippen molar-refractivity contribution in [1.82, 2.24) is 0 Å². The van der Waals surface area contributed by atoms with Crippen molar-refractivity contribution < 1.29 is 0 Å². The monoisotopic (exact) mass is 598 g/mol. The summed E-state index contributed by atoms with van der Waals surface area (Å²) in [5, 5.41) is 12.5. The second-order valence-corrected chi connectivity index (χ2v) is 15.6. The van der Waals surface area contributed by atoms with E-state index in [2.05, 4.69) is 121 Å². The van der Waals surface area contributed by atoms with Crippen LogP contribution in [0.2, 0.25) is 0 Å². The van der Waals surface area contributed by atoms with Gasteiger partial charge < -0.3 is 0 Å². The largest absolute Gasteiger partial charge is 0.140 e. The van der Waals surface area contributed by atoms with Crippen molar-refractivity contribution in [3.63, 3.8) is 0 Å². The van der Waals surface area contributed by atoms with Crippen molar-refractivity contribution in [2.24, 2.45) is 11.8 Å². The van der Waals surface area contributed by atoms with Gasteiger partial charge in [-0.15, -0.1) is 23.1 Å². The SMILES string of the molecule is C1=c2cc3ccccc3c(-c3c4ccccc4cc4cc5sc6c(c5cc34)CCC3CC63)c2=CC2c3ccccc3SCC12. The first-order valence-electron chi connectivity index (χ1n) is 16.2. The molecule has 11 rings (SSSR count). The molecule has 1 aromatic heterocycles. The molecular formula is C42H30S2. The van der Waals surface area contributed by atoms with Gasteiger partial charge in [-0.25, -0.2) is 0 Å². The van der Waals surface area contributed by atoms with Crippen LogP contribution in [0.5, 0.6) is 0 Å². The minimum Gasteiger partial charge on any atom is -0.140 e. The highest BCUT2D eigenvalue weighted by atomic mass is 32.2. The molecule has 4 aliphatic rings. The summed E-state index contributed by atoms with van der Waals surface area (Å²) in [6, 6.07) is 37.3. The van der Waals surface area contributed by atoms with Gasteiger partial charge in [-0.3, -0.25) is 0 Å². The normalized spacial score (nSPS) is 22.9. The van der Waals surface area contributed by atoms with Crippen LogP contribution < -0.4 is 10.4 Å². The highest BCUT2D eigenvalue weighted by molar-refractivity contribution is 7.99. The minimum absolute atomic E-state index is 0.406. The van der Waals surface area contributed by atoms with Crippen molar-refractivity contribution >= 4 is 77.7 Å². The van der Waals surface area contributed by atoms with Gasteiger partial charge >= 0.3 is 0 Å². The topological polar surface area (TPSA) is 0 Å². The van der Waals surface area contributed by atoms with Gasteiger partial charge in [0.25, 0.3) is 0 Å². The molecule has 4 atom stereocenters. The predicted octanol–water partition coefficient (Wildman–Crippen LogP) is 10.2. The van der Waals surface area contributed by atoms with Crippen molar-refractivity contribution in [2.75, 3.05) is 5.75 Å². The zero-order valence-corrected chi connectivity index (χ0v) is 26.0. The van der Waals surface area contributed by atoms with Crippen molar-refractivity contribution in [2.45, 2.75) is 36.0 Å². The second kappa shape index (κ2) is 8.87. The van der Waals surface area contributed by atoms with Crippen LogP contribution in [-0.2, 0) is 6.42 Å². The van der Waals surface area contributed by atoms with E-state index in [-0.39, 0.29) is 0 Å². The Kier molecular flexibility index (Phi) is 4.93. The molecule has 7 aromatic rings. The number of hydrogen-bond donors (Lipinski definition) is 0. The molecular weight excluding hydrogens is 569 g/mol. The Balaban J connectivity index is 1.30. The van der Waals surface area contributed by atoms with Gasteiger partial charge in [-0.05, 0) is 138 Å². The summed E-state index contributed by atoms with van der Waals surface area (Å²) in [6.07, 6.45) is 9.28. The van der Waals surface area contributed by atoms with Gasteiger partial charge in [0.2, 0.25) is 0 Å². The number of aryl methyl sites for hydroxylation is 1. The third-order valence-electron chi connectivity index (χ3n) is 11.1. The van der Waals surface area contributed by atoms with Crippen LogP contribution in [0.25, 0.3) is 65.7 Å². The maximum atomic E-state index is 2.64. The standard InChI is InChI=1S/C42H30S2/c1-3-9-29-23(7-1)15-26-17-28-22-43-38-12-6-5-11-31(38)33(28)20-34(26)40(29)41-30-10-4-2-8-24(30)16-27-19-39-37(21-35(27)41)32-14-13-25-18-36(25)42(32)44-39/h1-12,15-17,19-21,25,28,33,36H,13-14,18,22H2. The first-order chi connectivity index (χ1) is 21.8. The molecule has 1 fully saturated rings. The number of fused-ring (bicyclic) bond motifs is 12. The summed E-state index contributed by atoms with van der Waals surface area (Å²) in [4.78, 5) is 3.14. The van der Waals surface area contributed by atoms with E-state index in [9.17, 15) is 0 Å². The van der Waals surface area contributed by atoms with Crippen molar-refractivity contribution in [1.29, 1.82) is 0 Å². The summed E-state index contributed by atoms with van der Waals surface area (Å²) in [5.41, 5.74) is 5.97. The maximum Gasteiger partial charge on any atom is 0.0355 e. The van der Waals surface area contributed by atoms with E-state index in [1.807, 2.05) is 11.8 Å². The van der Waals surface area contributed by atoms with E-state index in [1.165, 1.54) is 93.7 Å². The number of hydrogen-bond acceptors (Lipinski definition) is 2. The molecule has 0 bridgehead atoms. The van der Waals surface area contributed by atoms with Crippen LogP contribution in [0, 0.1) is 11.8 Å². The van der Waals surface area contributed by atoms with Crippen LogP contribution in [-0.4, -0.2) is 5.75 Å². The van der Waals surface area contributed by atoms with Gasteiger partial charge in [0.15, 0.2) is 0 Å². The Morgan fingerprint density at radius 3 is 2.36 bits per heavy atom. The Morgan fingerprint density at radius 2 is 1.45 bits per heavy atom. The van der Waals surface area contributed by atoms with E-state index in [1.54, 1.807) is 10.4 Å². The van der Waals surface area contributed by atoms with Gasteiger partial charge in [-0.1, -0.05) is 78.9 Å². The quantitative estimate of drug-likeness (QED) is 0.169. The first-order valence-corrected chi connectivity index (χ1v) is 18.0. The van der Waals surface area contributed by atoms with E-state index >= 15 is 0 Å². The molecule has 0 saturated heterocycles. The summed E-state index contributed by atoms with van der Waals surface area (Å²) in [7, 11) is 0. The van der Waals surface area contributed by atoms with Gasteiger partial charge in [0, 0.05) is 26.1 Å². The first kappa shape index (κ1) is 24.5. The average molecular weight is 599 g/mol. The van der Waals surface area contributed by atoms with E-state index in [0.717, 1.165) is 17.6 Å². The lowest BCUT2D eigenvalue weighted by Crippen LogP contribution is -2.35. The summed E-state index contributed by atoms with van der Waals surface area (Å²) in [6.45, 7) is 0. The number of benzene rings is 6. The zero-order chi connectivity index (χ0) is 28.5. The number of thiophene rings is 1. The molecule has 0 amide bonds. The smallest absolute Gasteiger partial charge is 0.0355 e. The molecule has 0 spiro atoms. The molecule has 3 aliphatic carbocycles. The van der Waals surface area contributed by atoms with Gasteiger partial charge in [-0.2, -0.15) is 0 Å². The maximum absolute atomic E-state index is 2.64. The highest BCUT2D eigenvalue weighted by Gasteiger charge is 2.44. The van der Waals surface area contributed by atoms with Gasteiger partial charge in [0.05, 0.1) is 0 Å². The summed E-state index contributed by atoms with van der Waals surface area (Å²) in [5.74, 6) is 3.84. The van der Waals surface area contributed by atoms with Crippen molar-refractivity contribution in [3.8, 4) is 11.1 Å². The molecule has 44 heavy (non-hydrogen) atoms. The Hall–Kier alpha value is -3.85. The fraction of sp³-hybridized carbons (Fsp3) is 0.190. The molecule has 0 N–H and O–H groups in total. The van der Waals surface area contributed by atoms with Gasteiger partial charge in [0.1, 0.15) is 0 Å². The molecule has 1 aliphatic heterocycles. The molecule has 0 radical (unpaired) electrons. The lowest BCUT2D eigenvalue weighted by Gasteiger charge is -2.32. The number of rotatable bonds is 1. The predicted molar refractivity (Wildman–Crippen MR) is 191 cm³/mol. The van der Waals surface area contributed by atoms with Crippen LogP contribution in [0.15, 0.2) is 102 Å². The van der Waals surface area contributed by atoms with Crippen LogP contribution >= 0.6 is 23.1 Å². The molecule has 2 heteroatoms. The molecule has 210 valence electrons. The molecule has 6 aromatic carbocycles. The average Bonchev–Trinajstić information content (AvgIpc) is 3.78. The third kappa shape index (κ3) is 3.36. The lowest BCUT2D eigenvalue weighted by atomic mass is 9.79. The summed E-state index contributed by atoms with van der Waals surface area (Å²) >= 11 is 4.11. The van der Waals surface area contributed by atoms with E-state index in [0.29, 0.717) is 11.8 Å².